The molecular weight excluding hydrogens is 354 g/mol. The lowest BCUT2D eigenvalue weighted by Gasteiger charge is -2.30. The molecule has 2 aliphatic heterocycles. The van der Waals surface area contributed by atoms with E-state index in [1.54, 1.807) is 0 Å². The predicted molar refractivity (Wildman–Crippen MR) is 109 cm³/mol. The van der Waals surface area contributed by atoms with Crippen LogP contribution in [0.1, 0.15) is 57.8 Å². The Morgan fingerprint density at radius 3 is 2.50 bits per heavy atom. The minimum atomic E-state index is 0.266. The minimum absolute atomic E-state index is 0.266. The van der Waals surface area contributed by atoms with Crippen LogP contribution < -0.4 is 14.5 Å². The summed E-state index contributed by atoms with van der Waals surface area (Å²) in [6, 6.07) is 4.14. The molecule has 0 bridgehead atoms. The Labute approximate surface area is 167 Å². The summed E-state index contributed by atoms with van der Waals surface area (Å²) < 4.78 is 11.3. The van der Waals surface area contributed by atoms with Gasteiger partial charge in [-0.2, -0.15) is 4.98 Å². The first-order valence-electron chi connectivity index (χ1n) is 10.6. The van der Waals surface area contributed by atoms with E-state index in [4.69, 9.17) is 9.26 Å². The lowest BCUT2D eigenvalue weighted by Crippen LogP contribution is -2.36. The van der Waals surface area contributed by atoms with Crippen LogP contribution in [0.25, 0.3) is 0 Å². The van der Waals surface area contributed by atoms with Crippen LogP contribution in [0, 0.1) is 5.92 Å². The van der Waals surface area contributed by atoms with E-state index in [-0.39, 0.29) is 5.92 Å². The summed E-state index contributed by atoms with van der Waals surface area (Å²) in [7, 11) is 0. The molecule has 7 heteroatoms. The number of hydrogen-bond acceptors (Lipinski definition) is 7. The SMILES string of the molecule is CC(C)c1nc(N2CCC(COc3ccc(N4CCCCC4)nc3)CC2)no1. The van der Waals surface area contributed by atoms with Crippen LogP contribution in [0.2, 0.25) is 0 Å². The Morgan fingerprint density at radius 1 is 1.07 bits per heavy atom. The van der Waals surface area contributed by atoms with Gasteiger partial charge in [-0.3, -0.25) is 0 Å². The van der Waals surface area contributed by atoms with Gasteiger partial charge in [-0.05, 0) is 55.3 Å². The van der Waals surface area contributed by atoms with Crippen LogP contribution >= 0.6 is 0 Å². The third-order valence-electron chi connectivity index (χ3n) is 5.71. The first-order chi connectivity index (χ1) is 13.7. The Kier molecular flexibility index (Phi) is 5.98. The molecule has 2 saturated heterocycles. The summed E-state index contributed by atoms with van der Waals surface area (Å²) in [5.41, 5.74) is 0. The maximum atomic E-state index is 6.02. The average molecular weight is 386 g/mol. The van der Waals surface area contributed by atoms with E-state index in [0.29, 0.717) is 11.8 Å². The van der Waals surface area contributed by atoms with Crippen molar-refractivity contribution >= 4 is 11.8 Å². The van der Waals surface area contributed by atoms with Crippen LogP contribution in [0.4, 0.5) is 11.8 Å². The van der Waals surface area contributed by atoms with E-state index in [9.17, 15) is 0 Å². The maximum Gasteiger partial charge on any atom is 0.266 e. The molecule has 28 heavy (non-hydrogen) atoms. The molecular formula is C21H31N5O2. The topological polar surface area (TPSA) is 67.5 Å². The van der Waals surface area contributed by atoms with Crippen LogP contribution in [0.3, 0.4) is 0 Å². The van der Waals surface area contributed by atoms with Crippen molar-refractivity contribution in [3.05, 3.63) is 24.2 Å². The fourth-order valence-corrected chi connectivity index (χ4v) is 3.87. The van der Waals surface area contributed by atoms with Crippen LogP contribution in [0.15, 0.2) is 22.9 Å². The van der Waals surface area contributed by atoms with E-state index < -0.39 is 0 Å². The van der Waals surface area contributed by atoms with E-state index in [0.717, 1.165) is 63.1 Å². The van der Waals surface area contributed by atoms with Crippen LogP contribution in [-0.4, -0.2) is 47.9 Å². The molecule has 2 aromatic heterocycles. The zero-order valence-electron chi connectivity index (χ0n) is 17.0. The molecule has 0 aromatic carbocycles. The zero-order chi connectivity index (χ0) is 19.3. The summed E-state index contributed by atoms with van der Waals surface area (Å²) in [6.45, 7) is 8.98. The number of anilines is 2. The van der Waals surface area contributed by atoms with E-state index >= 15 is 0 Å². The summed E-state index contributed by atoms with van der Waals surface area (Å²) >= 11 is 0. The van der Waals surface area contributed by atoms with Gasteiger partial charge in [0.15, 0.2) is 0 Å². The Balaban J connectivity index is 1.22. The molecule has 0 spiro atoms. The van der Waals surface area contributed by atoms with Gasteiger partial charge in [0.05, 0.1) is 12.8 Å². The van der Waals surface area contributed by atoms with E-state index in [1.165, 1.54) is 19.3 Å². The van der Waals surface area contributed by atoms with Crippen molar-refractivity contribution in [3.8, 4) is 5.75 Å². The molecule has 0 radical (unpaired) electrons. The number of pyridine rings is 1. The molecule has 0 saturated carbocycles. The normalized spacial score (nSPS) is 18.7. The van der Waals surface area contributed by atoms with Gasteiger partial charge < -0.3 is 19.1 Å². The number of nitrogens with zero attached hydrogens (tertiary/aromatic N) is 5. The number of rotatable bonds is 6. The summed E-state index contributed by atoms with van der Waals surface area (Å²) in [4.78, 5) is 13.7. The van der Waals surface area contributed by atoms with Crippen molar-refractivity contribution in [2.75, 3.05) is 42.6 Å². The molecule has 7 nitrogen and oxygen atoms in total. The molecule has 2 aliphatic rings. The Bertz CT molecular complexity index is 732. The minimum Gasteiger partial charge on any atom is -0.492 e. The summed E-state index contributed by atoms with van der Waals surface area (Å²) in [5, 5.41) is 4.12. The molecule has 152 valence electrons. The van der Waals surface area contributed by atoms with Crippen molar-refractivity contribution in [2.24, 2.45) is 5.92 Å². The zero-order valence-corrected chi connectivity index (χ0v) is 17.0. The van der Waals surface area contributed by atoms with Gasteiger partial charge in [0.2, 0.25) is 5.89 Å². The first kappa shape index (κ1) is 19.0. The van der Waals surface area contributed by atoms with Gasteiger partial charge in [-0.25, -0.2) is 4.98 Å². The molecule has 0 atom stereocenters. The molecule has 0 N–H and O–H groups in total. The second kappa shape index (κ2) is 8.80. The van der Waals surface area contributed by atoms with Crippen molar-refractivity contribution in [2.45, 2.75) is 51.9 Å². The smallest absolute Gasteiger partial charge is 0.266 e. The van der Waals surface area contributed by atoms with Gasteiger partial charge in [-0.1, -0.05) is 13.8 Å². The molecule has 4 heterocycles. The van der Waals surface area contributed by atoms with Gasteiger partial charge >= 0.3 is 0 Å². The number of ether oxygens (including phenoxy) is 1. The third-order valence-corrected chi connectivity index (χ3v) is 5.71. The highest BCUT2D eigenvalue weighted by Crippen LogP contribution is 2.24. The molecule has 0 aliphatic carbocycles. The molecule has 0 unspecified atom stereocenters. The largest absolute Gasteiger partial charge is 0.492 e. The summed E-state index contributed by atoms with van der Waals surface area (Å²) in [5.74, 6) is 4.18. The van der Waals surface area contributed by atoms with Gasteiger partial charge in [0.1, 0.15) is 11.6 Å². The number of piperidine rings is 2. The highest BCUT2D eigenvalue weighted by Gasteiger charge is 2.23. The van der Waals surface area contributed by atoms with Crippen LogP contribution in [-0.2, 0) is 0 Å². The van der Waals surface area contributed by atoms with Crippen molar-refractivity contribution in [1.82, 2.24) is 15.1 Å². The fourth-order valence-electron chi connectivity index (χ4n) is 3.87. The van der Waals surface area contributed by atoms with Crippen molar-refractivity contribution < 1.29 is 9.26 Å². The second-order valence-corrected chi connectivity index (χ2v) is 8.23. The third kappa shape index (κ3) is 4.56. The fraction of sp³-hybridized carbons (Fsp3) is 0.667. The molecule has 4 rings (SSSR count). The molecule has 2 fully saturated rings. The monoisotopic (exact) mass is 385 g/mol. The first-order valence-corrected chi connectivity index (χ1v) is 10.6. The second-order valence-electron chi connectivity index (χ2n) is 8.23. The van der Waals surface area contributed by atoms with Crippen LogP contribution in [0.5, 0.6) is 5.75 Å². The quantitative estimate of drug-likeness (QED) is 0.747. The lowest BCUT2D eigenvalue weighted by molar-refractivity contribution is 0.221. The van der Waals surface area contributed by atoms with E-state index in [1.807, 2.05) is 6.20 Å². The Hall–Kier alpha value is -2.31. The Morgan fingerprint density at radius 2 is 1.86 bits per heavy atom. The van der Waals surface area contributed by atoms with Gasteiger partial charge in [-0.15, -0.1) is 0 Å². The predicted octanol–water partition coefficient (Wildman–Crippen LogP) is 3.87. The molecule has 2 aromatic rings. The van der Waals surface area contributed by atoms with Gasteiger partial charge in [0, 0.05) is 32.1 Å². The average Bonchev–Trinajstić information content (AvgIpc) is 3.24. The number of hydrogen-bond donors (Lipinski definition) is 0. The maximum absolute atomic E-state index is 6.02. The van der Waals surface area contributed by atoms with Crippen molar-refractivity contribution in [3.63, 3.8) is 0 Å². The van der Waals surface area contributed by atoms with Gasteiger partial charge in [0.25, 0.3) is 5.95 Å². The van der Waals surface area contributed by atoms with Crippen molar-refractivity contribution in [1.29, 1.82) is 0 Å². The number of aromatic nitrogens is 3. The molecule has 0 amide bonds. The summed E-state index contributed by atoms with van der Waals surface area (Å²) in [6.07, 6.45) is 7.88. The highest BCUT2D eigenvalue weighted by molar-refractivity contribution is 5.41. The standard InChI is InChI=1S/C21H31N5O2/c1-16(2)20-23-21(24-28-20)26-12-8-17(9-13-26)15-27-18-6-7-19(22-14-18)25-10-4-3-5-11-25/h6-7,14,16-17H,3-5,8-13,15H2,1-2H3. The van der Waals surface area contributed by atoms with E-state index in [2.05, 4.69) is 50.9 Å². The lowest BCUT2D eigenvalue weighted by atomic mass is 9.98. The highest BCUT2D eigenvalue weighted by atomic mass is 16.5.